The van der Waals surface area contributed by atoms with E-state index in [1.807, 2.05) is 0 Å². The van der Waals surface area contributed by atoms with Crippen LogP contribution in [0.15, 0.2) is 16.6 Å². The summed E-state index contributed by atoms with van der Waals surface area (Å²) in [5.74, 6) is -2.11. The molecule has 0 bridgehead atoms. The highest BCUT2D eigenvalue weighted by Gasteiger charge is 2.14. The third kappa shape index (κ3) is 1.94. The van der Waals surface area contributed by atoms with E-state index in [0.717, 1.165) is 18.1 Å². The Kier molecular flexibility index (Phi) is 2.80. The van der Waals surface area contributed by atoms with E-state index < -0.39 is 23.0 Å². The van der Waals surface area contributed by atoms with E-state index >= 15 is 0 Å². The predicted molar refractivity (Wildman–Crippen MR) is 45.8 cm³/mol. The summed E-state index contributed by atoms with van der Waals surface area (Å²) in [7, 11) is 0. The van der Waals surface area contributed by atoms with E-state index in [1.54, 1.807) is 0 Å². The minimum absolute atomic E-state index is 0.185. The zero-order chi connectivity index (χ0) is 10.0. The van der Waals surface area contributed by atoms with Crippen LogP contribution in [-0.2, 0) is 4.79 Å². The number of halogens is 3. The topological polar surface area (TPSA) is 37.3 Å². The van der Waals surface area contributed by atoms with Crippen LogP contribution in [0.4, 0.5) is 8.78 Å². The molecule has 13 heavy (non-hydrogen) atoms. The fourth-order valence-corrected chi connectivity index (χ4v) is 1.22. The lowest BCUT2D eigenvalue weighted by molar-refractivity contribution is 0.483. The molecule has 0 amide bonds. The van der Waals surface area contributed by atoms with E-state index in [-0.39, 0.29) is 4.47 Å². The molecule has 0 heterocycles. The summed E-state index contributed by atoms with van der Waals surface area (Å²) >= 11 is 2.85. The molecule has 2 nitrogen and oxygen atoms in total. The van der Waals surface area contributed by atoms with Gasteiger partial charge in [-0.2, -0.15) is 0 Å². The maximum Gasteiger partial charge on any atom is 0.214 e. The van der Waals surface area contributed by atoms with Crippen LogP contribution < -0.4 is 0 Å². The Morgan fingerprint density at radius 3 is 2.23 bits per heavy atom. The summed E-state index contributed by atoms with van der Waals surface area (Å²) < 4.78 is 26.0. The summed E-state index contributed by atoms with van der Waals surface area (Å²) in [4.78, 5) is 9.94. The minimum atomic E-state index is -1.08. The summed E-state index contributed by atoms with van der Waals surface area (Å²) in [5.41, 5.74) is -0.766. The second kappa shape index (κ2) is 3.68. The molecule has 0 aromatic heterocycles. The van der Waals surface area contributed by atoms with E-state index in [9.17, 15) is 13.6 Å². The maximum absolute atomic E-state index is 12.9. The Morgan fingerprint density at radius 2 is 1.85 bits per heavy atom. The molecule has 0 saturated heterocycles. The van der Waals surface area contributed by atoms with Gasteiger partial charge in [-0.05, 0) is 12.1 Å². The van der Waals surface area contributed by atoms with Gasteiger partial charge >= 0.3 is 0 Å². The van der Waals surface area contributed by atoms with Gasteiger partial charge in [-0.25, -0.2) is 13.6 Å². The lowest BCUT2D eigenvalue weighted by Crippen LogP contribution is -1.95. The number of carbonyl (C=O) groups excluding carboxylic acids is 1. The Labute approximate surface area is 80.6 Å². The van der Waals surface area contributed by atoms with E-state index in [2.05, 4.69) is 15.9 Å². The monoisotopic (exact) mass is 248 g/mol. The van der Waals surface area contributed by atoms with Crippen molar-refractivity contribution in [2.45, 2.75) is 0 Å². The third-order valence-corrected chi connectivity index (χ3v) is 1.80. The van der Waals surface area contributed by atoms with Crippen molar-refractivity contribution in [3.63, 3.8) is 0 Å². The highest BCUT2D eigenvalue weighted by Crippen LogP contribution is 2.22. The molecule has 1 N–H and O–H groups in total. The van der Waals surface area contributed by atoms with Crippen LogP contribution in [0.1, 0.15) is 5.56 Å². The number of aliphatic hydroxyl groups is 1. The van der Waals surface area contributed by atoms with Gasteiger partial charge in [0.15, 0.2) is 5.94 Å². The van der Waals surface area contributed by atoms with Crippen LogP contribution in [-0.4, -0.2) is 11.0 Å². The number of benzene rings is 1. The van der Waals surface area contributed by atoms with Gasteiger partial charge < -0.3 is 5.11 Å². The van der Waals surface area contributed by atoms with Crippen LogP contribution in [0.2, 0.25) is 0 Å². The standard InChI is InChI=1S/C8H3BrF2O2/c9-4-1-5(10)8(6(11)2-4)7(13)3-12/h1-2,13H. The fraction of sp³-hybridized carbons (Fsp3) is 0. The quantitative estimate of drug-likeness (QED) is 0.613. The average molecular weight is 249 g/mol. The largest absolute Gasteiger partial charge is 0.498 e. The molecule has 0 radical (unpaired) electrons. The first kappa shape index (κ1) is 9.89. The molecular weight excluding hydrogens is 246 g/mol. The van der Waals surface area contributed by atoms with Gasteiger partial charge in [-0.1, -0.05) is 15.9 Å². The number of hydrogen-bond donors (Lipinski definition) is 1. The molecule has 0 spiro atoms. The molecule has 1 rings (SSSR count). The van der Waals surface area contributed by atoms with Crippen LogP contribution in [0, 0.1) is 11.6 Å². The number of rotatable bonds is 1. The van der Waals surface area contributed by atoms with Gasteiger partial charge in [-0.3, -0.25) is 0 Å². The van der Waals surface area contributed by atoms with Crippen molar-refractivity contribution in [1.82, 2.24) is 0 Å². The van der Waals surface area contributed by atoms with Crippen molar-refractivity contribution in [1.29, 1.82) is 0 Å². The molecule has 5 heteroatoms. The zero-order valence-corrected chi connectivity index (χ0v) is 7.73. The van der Waals surface area contributed by atoms with Crippen LogP contribution in [0.5, 0.6) is 0 Å². The van der Waals surface area contributed by atoms with E-state index in [0.29, 0.717) is 0 Å². The Bertz CT molecular complexity index is 374. The molecule has 0 fully saturated rings. The van der Waals surface area contributed by atoms with Crippen LogP contribution >= 0.6 is 15.9 Å². The summed E-state index contributed by atoms with van der Waals surface area (Å²) in [6.07, 6.45) is 0. The van der Waals surface area contributed by atoms with Crippen LogP contribution in [0.3, 0.4) is 0 Å². The maximum atomic E-state index is 12.9. The summed E-state index contributed by atoms with van der Waals surface area (Å²) in [5, 5.41) is 8.78. The van der Waals surface area contributed by atoms with E-state index in [1.165, 1.54) is 0 Å². The number of aliphatic hydroxyl groups excluding tert-OH is 1. The summed E-state index contributed by atoms with van der Waals surface area (Å²) in [6.45, 7) is 0. The van der Waals surface area contributed by atoms with Gasteiger partial charge in [0.2, 0.25) is 5.76 Å². The Balaban J connectivity index is 3.46. The van der Waals surface area contributed by atoms with Crippen molar-refractivity contribution in [2.24, 2.45) is 0 Å². The third-order valence-electron chi connectivity index (χ3n) is 1.34. The minimum Gasteiger partial charge on any atom is -0.498 e. The van der Waals surface area contributed by atoms with Crippen molar-refractivity contribution >= 4 is 27.6 Å². The highest BCUT2D eigenvalue weighted by molar-refractivity contribution is 9.10. The van der Waals surface area contributed by atoms with Gasteiger partial charge in [0.1, 0.15) is 11.6 Å². The van der Waals surface area contributed by atoms with Gasteiger partial charge in [0, 0.05) is 4.47 Å². The molecule has 1 aromatic carbocycles. The zero-order valence-electron chi connectivity index (χ0n) is 6.14. The molecule has 0 aliphatic rings. The second-order valence-corrected chi connectivity index (χ2v) is 3.11. The van der Waals surface area contributed by atoms with Gasteiger partial charge in [0.05, 0.1) is 5.56 Å². The van der Waals surface area contributed by atoms with Crippen LogP contribution in [0.25, 0.3) is 5.76 Å². The molecule has 0 unspecified atom stereocenters. The van der Waals surface area contributed by atoms with Crippen molar-refractivity contribution < 1.29 is 18.7 Å². The summed E-state index contributed by atoms with van der Waals surface area (Å²) in [6, 6.07) is 1.87. The first-order valence-corrected chi connectivity index (χ1v) is 3.94. The van der Waals surface area contributed by atoms with Crippen molar-refractivity contribution in [3.05, 3.63) is 33.8 Å². The predicted octanol–water partition coefficient (Wildman–Crippen LogP) is 2.46. The lowest BCUT2D eigenvalue weighted by atomic mass is 10.2. The molecule has 1 aromatic rings. The molecule has 0 atom stereocenters. The molecular formula is C8H3BrF2O2. The SMILES string of the molecule is O=C=C(O)c1c(F)cc(Br)cc1F. The van der Waals surface area contributed by atoms with Crippen molar-refractivity contribution in [3.8, 4) is 0 Å². The first-order valence-electron chi connectivity index (χ1n) is 3.15. The smallest absolute Gasteiger partial charge is 0.214 e. The van der Waals surface area contributed by atoms with Gasteiger partial charge in [-0.15, -0.1) is 0 Å². The highest BCUT2D eigenvalue weighted by atomic mass is 79.9. The second-order valence-electron chi connectivity index (χ2n) is 2.20. The Hall–Kier alpha value is -1.19. The molecule has 0 saturated carbocycles. The first-order chi connectivity index (χ1) is 6.06. The Morgan fingerprint density at radius 1 is 1.38 bits per heavy atom. The normalized spacial score (nSPS) is 9.46. The van der Waals surface area contributed by atoms with Crippen molar-refractivity contribution in [2.75, 3.05) is 0 Å². The van der Waals surface area contributed by atoms with Gasteiger partial charge in [0.25, 0.3) is 0 Å². The molecule has 0 aliphatic heterocycles. The molecule has 68 valence electrons. The molecule has 0 aliphatic carbocycles. The lowest BCUT2D eigenvalue weighted by Gasteiger charge is -2.01. The average Bonchev–Trinajstić information content (AvgIpc) is 2.02. The number of hydrogen-bond acceptors (Lipinski definition) is 2. The van der Waals surface area contributed by atoms with E-state index in [4.69, 9.17) is 5.11 Å². The fourth-order valence-electron chi connectivity index (χ4n) is 0.819.